The molecule has 57 heavy (non-hydrogen) atoms. The monoisotopic (exact) mass is 886 g/mol. The van der Waals surface area contributed by atoms with Gasteiger partial charge in [0.1, 0.15) is 30.7 Å². The van der Waals surface area contributed by atoms with Gasteiger partial charge >= 0.3 is 13.5 Å². The van der Waals surface area contributed by atoms with Gasteiger partial charge in [-0.2, -0.15) is 10.2 Å². The first-order valence-electron chi connectivity index (χ1n) is 18.4. The predicted octanol–water partition coefficient (Wildman–Crippen LogP) is 5.66. The number of thiol groups is 1. The molecule has 3 fully saturated rings. The summed E-state index contributed by atoms with van der Waals surface area (Å²) in [5, 5.41) is 11.7. The number of fused-ring (bicyclic) bond motifs is 4. The van der Waals surface area contributed by atoms with Gasteiger partial charge in [0.15, 0.2) is 25.7 Å². The fourth-order valence-corrected chi connectivity index (χ4v) is 11.2. The van der Waals surface area contributed by atoms with E-state index in [1.807, 2.05) is 13.1 Å². The summed E-state index contributed by atoms with van der Waals surface area (Å²) < 4.78 is 66.8. The third-order valence-corrected chi connectivity index (χ3v) is 18.7. The molecule has 0 aromatic carbocycles. The van der Waals surface area contributed by atoms with Crippen LogP contribution in [0.3, 0.4) is 0 Å². The van der Waals surface area contributed by atoms with Crippen LogP contribution in [0, 0.1) is 23.2 Å². The highest BCUT2D eigenvalue weighted by molar-refractivity contribution is 8.44. The maximum absolute atomic E-state index is 14.0. The Labute approximate surface area is 341 Å². The van der Waals surface area contributed by atoms with Gasteiger partial charge in [0, 0.05) is 30.5 Å². The third kappa shape index (κ3) is 10.4. The van der Waals surface area contributed by atoms with Gasteiger partial charge in [0.05, 0.1) is 44.7 Å². The van der Waals surface area contributed by atoms with E-state index in [0.29, 0.717) is 18.7 Å². The fourth-order valence-electron chi connectivity index (χ4n) is 6.23. The van der Waals surface area contributed by atoms with Gasteiger partial charge < -0.3 is 22.9 Å². The number of anilines is 1. The molecule has 0 spiro atoms. The van der Waals surface area contributed by atoms with E-state index in [4.69, 9.17) is 48.3 Å². The van der Waals surface area contributed by atoms with Crippen molar-refractivity contribution in [1.82, 2.24) is 29.5 Å². The molecule has 3 aromatic heterocycles. The lowest BCUT2D eigenvalue weighted by Crippen LogP contribution is -2.50. The van der Waals surface area contributed by atoms with E-state index in [-0.39, 0.29) is 54.3 Å². The van der Waals surface area contributed by atoms with Crippen molar-refractivity contribution in [2.45, 2.75) is 109 Å². The number of hydrogen-bond donors (Lipinski definition) is 3. The summed E-state index contributed by atoms with van der Waals surface area (Å²) in [6.45, 7) is 5.29. The van der Waals surface area contributed by atoms with Crippen LogP contribution in [-0.2, 0) is 52.9 Å². The number of aromatic nitrogens is 6. The van der Waals surface area contributed by atoms with Crippen molar-refractivity contribution in [2.75, 3.05) is 25.1 Å². The number of H-pyrrole nitrogens is 1. The summed E-state index contributed by atoms with van der Waals surface area (Å²) in [6, 6.07) is 3.68. The number of carbonyl (C=O) groups excluding carboxylic acids is 1. The molecule has 19 nitrogen and oxygen atoms in total. The molecule has 2 aliphatic heterocycles. The Morgan fingerprint density at radius 2 is 1.98 bits per heavy atom. The molecular formula is C33H48N8O11P2S2Si. The summed E-state index contributed by atoms with van der Waals surface area (Å²) in [5.74, 6) is -0.960. The van der Waals surface area contributed by atoms with E-state index in [0.717, 1.165) is 0 Å². The van der Waals surface area contributed by atoms with Crippen molar-refractivity contribution in [3.05, 3.63) is 35.3 Å². The zero-order valence-corrected chi connectivity index (χ0v) is 37.1. The minimum absolute atomic E-state index is 0.00730. The highest BCUT2D eigenvalue weighted by atomic mass is 32.7. The van der Waals surface area contributed by atoms with Crippen molar-refractivity contribution in [3.63, 3.8) is 0 Å². The molecule has 1 saturated carbocycles. The standard InChI is InChI=1S/C33H48N8O11P2S2Si/c1-19(2)29(42)39-32-38-28-25(30(43)40-32)37-18-41(28)31-27-26(52-57(6,7)33(3,4)5)23(49-31)16-46-53(44,55)50-22-14-21(48-24-9-11-35-17-36-24)13-20(22)15-47-54(56,51-27)45-12-8-10-34/h9,11,17-23,26-27,31H,8,12-16H2,1-7H3,(H,44,55)(H2,38,39,40,42,43)/t20-,21-,22+,23-,26-,27-,31-,53+,54+/m1/s1. The van der Waals surface area contributed by atoms with Crippen molar-refractivity contribution in [1.29, 1.82) is 5.26 Å². The quantitative estimate of drug-likeness (QED) is 0.0965. The van der Waals surface area contributed by atoms with Crippen molar-refractivity contribution in [2.24, 2.45) is 11.8 Å². The average molecular weight is 887 g/mol. The second-order valence-electron chi connectivity index (χ2n) is 15.8. The summed E-state index contributed by atoms with van der Waals surface area (Å²) in [4.78, 5) is 45.3. The lowest BCUT2D eigenvalue weighted by Gasteiger charge is -2.41. The van der Waals surface area contributed by atoms with Gasteiger partial charge in [-0.05, 0) is 36.4 Å². The molecule has 5 heterocycles. The van der Waals surface area contributed by atoms with Crippen LogP contribution < -0.4 is 15.6 Å². The van der Waals surface area contributed by atoms with Crippen molar-refractivity contribution in [3.8, 4) is 11.9 Å². The van der Waals surface area contributed by atoms with Crippen LogP contribution in [0.2, 0.25) is 18.1 Å². The smallest absolute Gasteiger partial charge is 0.386 e. The summed E-state index contributed by atoms with van der Waals surface area (Å²) in [7, 11) is -2.67. The van der Waals surface area contributed by atoms with Crippen LogP contribution in [0.1, 0.15) is 60.1 Å². The van der Waals surface area contributed by atoms with E-state index in [1.165, 1.54) is 17.2 Å². The maximum atomic E-state index is 14.0. The van der Waals surface area contributed by atoms with Crippen LogP contribution in [0.25, 0.3) is 11.2 Å². The number of imidazole rings is 1. The first kappa shape index (κ1) is 43.9. The minimum atomic E-state index is -4.09. The number of amides is 1. The number of hydrogen-bond acceptors (Lipinski definition) is 17. The van der Waals surface area contributed by atoms with E-state index in [9.17, 15) is 19.4 Å². The molecule has 2 bridgehead atoms. The van der Waals surface area contributed by atoms with Crippen molar-refractivity contribution >= 4 is 68.9 Å². The number of aromatic amines is 1. The number of nitrogens with one attached hydrogen (secondary N) is 2. The molecule has 2 N–H and O–H groups in total. The molecule has 24 heteroatoms. The van der Waals surface area contributed by atoms with Crippen LogP contribution in [0.5, 0.6) is 5.88 Å². The predicted molar refractivity (Wildman–Crippen MR) is 215 cm³/mol. The normalized spacial score (nSPS) is 31.2. The number of nitrogens with zero attached hydrogens (tertiary/aromatic N) is 6. The van der Waals surface area contributed by atoms with Gasteiger partial charge in [-0.25, -0.2) is 19.5 Å². The first-order valence-corrected chi connectivity index (χ1v) is 26.6. The van der Waals surface area contributed by atoms with Gasteiger partial charge in [0.25, 0.3) is 5.56 Å². The second-order valence-corrected chi connectivity index (χ2v) is 26.4. The van der Waals surface area contributed by atoms with E-state index in [1.54, 1.807) is 26.1 Å². The molecule has 3 aromatic rings. The maximum Gasteiger partial charge on any atom is 0.386 e. The molecule has 2 saturated heterocycles. The largest absolute Gasteiger partial charge is 0.474 e. The van der Waals surface area contributed by atoms with Crippen LogP contribution in [-0.4, -0.2) is 94.1 Å². The first-order chi connectivity index (χ1) is 26.8. The molecule has 3 aliphatic rings. The zero-order chi connectivity index (χ0) is 41.3. The van der Waals surface area contributed by atoms with E-state index < -0.39 is 76.0 Å². The molecule has 312 valence electrons. The van der Waals surface area contributed by atoms with Crippen LogP contribution in [0.4, 0.5) is 5.95 Å². The minimum Gasteiger partial charge on any atom is -0.474 e. The van der Waals surface area contributed by atoms with Crippen LogP contribution >= 0.6 is 25.8 Å². The number of ether oxygens (including phenoxy) is 2. The fraction of sp³-hybridized carbons (Fsp3) is 0.667. The molecule has 0 unspecified atom stereocenters. The van der Waals surface area contributed by atoms with Crippen LogP contribution in [0.15, 0.2) is 29.7 Å². The van der Waals surface area contributed by atoms with Gasteiger partial charge in [-0.1, -0.05) is 46.9 Å². The lowest BCUT2D eigenvalue weighted by atomic mass is 10.1. The average Bonchev–Trinajstić information content (AvgIpc) is 3.81. The van der Waals surface area contributed by atoms with Gasteiger partial charge in [-0.3, -0.25) is 38.0 Å². The number of rotatable bonds is 10. The topological polar surface area (TPSA) is 233 Å². The van der Waals surface area contributed by atoms with E-state index in [2.05, 4.69) is 69.3 Å². The van der Waals surface area contributed by atoms with Gasteiger partial charge in [0.2, 0.25) is 17.7 Å². The summed E-state index contributed by atoms with van der Waals surface area (Å²) in [6.07, 6.45) is -0.411. The summed E-state index contributed by atoms with van der Waals surface area (Å²) in [5.41, 5.74) is -0.605. The third-order valence-electron chi connectivity index (χ3n) is 10.3. The highest BCUT2D eigenvalue weighted by Crippen LogP contribution is 2.60. The Morgan fingerprint density at radius 1 is 1.21 bits per heavy atom. The molecule has 1 amide bonds. The van der Waals surface area contributed by atoms with E-state index >= 15 is 0 Å². The molecular weight excluding hydrogens is 839 g/mol. The number of carbonyl (C=O) groups is 1. The number of nitriles is 1. The molecule has 9 atom stereocenters. The molecule has 1 aliphatic carbocycles. The van der Waals surface area contributed by atoms with Gasteiger partial charge in [-0.15, -0.1) is 0 Å². The highest BCUT2D eigenvalue weighted by Gasteiger charge is 2.55. The summed E-state index contributed by atoms with van der Waals surface area (Å²) >= 11 is 10.5. The Bertz CT molecular complexity index is 2120. The zero-order valence-electron chi connectivity index (χ0n) is 32.6. The Morgan fingerprint density at radius 3 is 2.67 bits per heavy atom. The molecule has 0 radical (unpaired) electrons. The Hall–Kier alpha value is -2.64. The molecule has 6 rings (SSSR count). The SMILES string of the molecule is CC(C)C(=O)Nc1nc2c(ncn2[C@@H]2O[C@@H]3CO[P@](=O)(S)O[C@H]4C[C@H](Oc5ccncn5)C[C@@H]4CO[P@@](=S)(OCCC#N)O[C@@H]2[C@@H]3O[Si](C)(C)C(C)(C)C)c(=O)[nH]1. The second kappa shape index (κ2) is 17.5. The Kier molecular flexibility index (Phi) is 13.5. The lowest BCUT2D eigenvalue weighted by molar-refractivity contribution is -0.118. The van der Waals surface area contributed by atoms with Crippen molar-refractivity contribution < 1.29 is 45.9 Å². The Balaban J connectivity index is 1.42.